The van der Waals surface area contributed by atoms with Crippen molar-refractivity contribution in [3.8, 4) is 0 Å². The van der Waals surface area contributed by atoms with E-state index < -0.39 is 0 Å². The van der Waals surface area contributed by atoms with Crippen LogP contribution in [0.3, 0.4) is 0 Å². The van der Waals surface area contributed by atoms with Gasteiger partial charge in [0.2, 0.25) is 5.89 Å². The lowest BCUT2D eigenvalue weighted by molar-refractivity contribution is 0.503. The number of hydrogen-bond acceptors (Lipinski definition) is 5. The van der Waals surface area contributed by atoms with Crippen molar-refractivity contribution in [3.63, 3.8) is 0 Å². The van der Waals surface area contributed by atoms with Gasteiger partial charge in [-0.05, 0) is 17.9 Å². The largest absolute Gasteiger partial charge is 0.408 e. The molecular formula is C12H16ClN3OS. The van der Waals surface area contributed by atoms with Gasteiger partial charge in [-0.15, -0.1) is 28.0 Å². The molecule has 0 saturated carbocycles. The van der Waals surface area contributed by atoms with Crippen LogP contribution < -0.4 is 5.32 Å². The molecule has 1 N–H and O–H groups in total. The number of anilines is 1. The smallest absolute Gasteiger partial charge is 0.315 e. The summed E-state index contributed by atoms with van der Waals surface area (Å²) < 4.78 is 5.49. The van der Waals surface area contributed by atoms with Crippen molar-refractivity contribution in [3.05, 3.63) is 28.3 Å². The summed E-state index contributed by atoms with van der Waals surface area (Å²) in [5.74, 6) is 1.07. The van der Waals surface area contributed by atoms with Crippen molar-refractivity contribution in [2.24, 2.45) is 0 Å². The third kappa shape index (κ3) is 3.46. The molecule has 0 aliphatic heterocycles. The zero-order valence-corrected chi connectivity index (χ0v) is 11.8. The highest BCUT2D eigenvalue weighted by molar-refractivity contribution is 7.10. The lowest BCUT2D eigenvalue weighted by atomic mass is 10.1. The minimum atomic E-state index is 0.235. The Bertz CT molecular complexity index is 458. The van der Waals surface area contributed by atoms with E-state index in [1.165, 1.54) is 4.88 Å². The van der Waals surface area contributed by atoms with Gasteiger partial charge in [0.1, 0.15) is 0 Å². The average molecular weight is 286 g/mol. The first kappa shape index (κ1) is 13.4. The van der Waals surface area contributed by atoms with Gasteiger partial charge in [0.15, 0.2) is 0 Å². The minimum absolute atomic E-state index is 0.235. The summed E-state index contributed by atoms with van der Waals surface area (Å²) in [4.78, 5) is 1.29. The maximum absolute atomic E-state index is 5.64. The fourth-order valence-electron chi connectivity index (χ4n) is 1.71. The van der Waals surface area contributed by atoms with Crippen molar-refractivity contribution < 1.29 is 4.42 Å². The van der Waals surface area contributed by atoms with Crippen LogP contribution in [0.15, 0.2) is 21.9 Å². The molecule has 0 saturated heterocycles. The maximum atomic E-state index is 5.64. The van der Waals surface area contributed by atoms with E-state index in [0.29, 0.717) is 24.2 Å². The van der Waals surface area contributed by atoms with Crippen molar-refractivity contribution in [1.82, 2.24) is 10.2 Å². The van der Waals surface area contributed by atoms with E-state index in [9.17, 15) is 0 Å². The predicted molar refractivity (Wildman–Crippen MR) is 74.3 cm³/mol. The Balaban J connectivity index is 2.03. The van der Waals surface area contributed by atoms with Crippen LogP contribution in [-0.2, 0) is 6.42 Å². The number of aromatic nitrogens is 2. The molecule has 18 heavy (non-hydrogen) atoms. The van der Waals surface area contributed by atoms with Crippen molar-refractivity contribution in [2.45, 2.75) is 32.2 Å². The fourth-order valence-corrected chi connectivity index (χ4v) is 2.68. The monoisotopic (exact) mass is 285 g/mol. The molecule has 2 heterocycles. The Kier molecular flexibility index (Phi) is 5.01. The first-order valence-electron chi connectivity index (χ1n) is 6.01. The third-order valence-corrected chi connectivity index (χ3v) is 3.71. The Morgan fingerprint density at radius 1 is 1.50 bits per heavy atom. The average Bonchev–Trinajstić information content (AvgIpc) is 3.00. The molecule has 0 bridgehead atoms. The lowest BCUT2D eigenvalue weighted by Gasteiger charge is -2.14. The van der Waals surface area contributed by atoms with E-state index in [-0.39, 0.29) is 6.04 Å². The molecule has 6 heteroatoms. The fraction of sp³-hybridized carbons (Fsp3) is 0.500. The zero-order chi connectivity index (χ0) is 12.8. The molecule has 0 aromatic carbocycles. The second kappa shape index (κ2) is 6.75. The highest BCUT2D eigenvalue weighted by Crippen LogP contribution is 2.26. The summed E-state index contributed by atoms with van der Waals surface area (Å²) in [6.45, 7) is 2.16. The first-order valence-corrected chi connectivity index (χ1v) is 7.43. The summed E-state index contributed by atoms with van der Waals surface area (Å²) >= 11 is 7.37. The Labute approximate surface area is 115 Å². The lowest BCUT2D eigenvalue weighted by Crippen LogP contribution is -2.09. The molecule has 2 rings (SSSR count). The molecule has 2 aromatic rings. The van der Waals surface area contributed by atoms with Crippen molar-refractivity contribution in [1.29, 1.82) is 0 Å². The van der Waals surface area contributed by atoms with Gasteiger partial charge in [0.05, 0.1) is 6.04 Å². The molecule has 0 radical (unpaired) electrons. The van der Waals surface area contributed by atoms with Crippen LogP contribution in [0.2, 0.25) is 0 Å². The van der Waals surface area contributed by atoms with Gasteiger partial charge in [0, 0.05) is 17.2 Å². The van der Waals surface area contributed by atoms with Crippen molar-refractivity contribution >= 4 is 29.0 Å². The number of aryl methyl sites for hydroxylation is 1. The number of hydrogen-bond donors (Lipinski definition) is 1. The number of halogens is 1. The first-order chi connectivity index (χ1) is 8.83. The highest BCUT2D eigenvalue weighted by atomic mass is 35.5. The second-order valence-electron chi connectivity index (χ2n) is 3.94. The number of rotatable bonds is 7. The number of alkyl halides is 1. The number of nitrogens with zero attached hydrogens (tertiary/aromatic N) is 2. The van der Waals surface area contributed by atoms with E-state index in [2.05, 4.69) is 40.0 Å². The normalized spacial score (nSPS) is 12.6. The van der Waals surface area contributed by atoms with Crippen LogP contribution in [0.4, 0.5) is 6.01 Å². The number of thiophene rings is 1. The Hall–Kier alpha value is -1.07. The van der Waals surface area contributed by atoms with E-state index in [0.717, 1.165) is 12.8 Å². The van der Waals surface area contributed by atoms with Crippen LogP contribution in [0.1, 0.15) is 36.6 Å². The summed E-state index contributed by atoms with van der Waals surface area (Å²) in [7, 11) is 0. The molecule has 0 amide bonds. The molecule has 0 aliphatic carbocycles. The van der Waals surface area contributed by atoms with Gasteiger partial charge in [0.25, 0.3) is 0 Å². The van der Waals surface area contributed by atoms with Crippen LogP contribution in [0.25, 0.3) is 0 Å². The van der Waals surface area contributed by atoms with Crippen LogP contribution >= 0.6 is 22.9 Å². The molecule has 0 fully saturated rings. The van der Waals surface area contributed by atoms with E-state index in [4.69, 9.17) is 16.0 Å². The molecule has 98 valence electrons. The summed E-state index contributed by atoms with van der Waals surface area (Å²) in [5.41, 5.74) is 0. The van der Waals surface area contributed by atoms with Crippen LogP contribution in [0, 0.1) is 0 Å². The second-order valence-corrected chi connectivity index (χ2v) is 5.30. The highest BCUT2D eigenvalue weighted by Gasteiger charge is 2.15. The standard InChI is InChI=1S/C12H16ClN3OS/c1-2-4-9(10-5-3-8-18-10)14-12-16-15-11(17-12)6-7-13/h3,5,8-9H,2,4,6-7H2,1H3,(H,14,16). The van der Waals surface area contributed by atoms with E-state index in [1.807, 2.05) is 0 Å². The molecule has 2 aromatic heterocycles. The molecule has 0 aliphatic rings. The SMILES string of the molecule is CCCC(Nc1nnc(CCCl)o1)c1cccs1. The topological polar surface area (TPSA) is 51.0 Å². The molecule has 0 spiro atoms. The number of nitrogens with one attached hydrogen (secondary N) is 1. The van der Waals surface area contributed by atoms with Gasteiger partial charge >= 0.3 is 6.01 Å². The third-order valence-electron chi connectivity index (χ3n) is 2.54. The predicted octanol–water partition coefficient (Wildman–Crippen LogP) is 3.87. The minimum Gasteiger partial charge on any atom is -0.408 e. The summed E-state index contributed by atoms with van der Waals surface area (Å²) in [5, 5.41) is 13.3. The summed E-state index contributed by atoms with van der Waals surface area (Å²) in [6.07, 6.45) is 2.74. The summed E-state index contributed by atoms with van der Waals surface area (Å²) in [6, 6.07) is 4.88. The van der Waals surface area contributed by atoms with Gasteiger partial charge < -0.3 is 9.73 Å². The van der Waals surface area contributed by atoms with E-state index in [1.54, 1.807) is 11.3 Å². The quantitative estimate of drug-likeness (QED) is 0.785. The van der Waals surface area contributed by atoms with Crippen LogP contribution in [-0.4, -0.2) is 16.1 Å². The van der Waals surface area contributed by atoms with Crippen LogP contribution in [0.5, 0.6) is 0 Å². The van der Waals surface area contributed by atoms with E-state index >= 15 is 0 Å². The van der Waals surface area contributed by atoms with Gasteiger partial charge in [-0.2, -0.15) is 0 Å². The zero-order valence-electron chi connectivity index (χ0n) is 10.2. The van der Waals surface area contributed by atoms with Gasteiger partial charge in [-0.3, -0.25) is 0 Å². The van der Waals surface area contributed by atoms with Gasteiger partial charge in [-0.25, -0.2) is 0 Å². The van der Waals surface area contributed by atoms with Gasteiger partial charge in [-0.1, -0.05) is 24.5 Å². The van der Waals surface area contributed by atoms with Crippen molar-refractivity contribution in [2.75, 3.05) is 11.2 Å². The Morgan fingerprint density at radius 2 is 2.39 bits per heavy atom. The maximum Gasteiger partial charge on any atom is 0.315 e. The molecule has 1 atom stereocenters. The molecule has 1 unspecified atom stereocenters. The molecular weight excluding hydrogens is 270 g/mol. The Morgan fingerprint density at radius 3 is 3.06 bits per heavy atom. The molecule has 4 nitrogen and oxygen atoms in total.